The number of nitrogens with one attached hydrogen (secondary N) is 2. The van der Waals surface area contributed by atoms with Crippen LogP contribution in [0.2, 0.25) is 0 Å². The van der Waals surface area contributed by atoms with Crippen molar-refractivity contribution in [2.24, 2.45) is 0 Å². The zero-order valence-corrected chi connectivity index (χ0v) is 16.9. The second-order valence-electron chi connectivity index (χ2n) is 7.80. The number of imidazole rings is 1. The number of carbonyl (C=O) groups is 2. The summed E-state index contributed by atoms with van der Waals surface area (Å²) in [6.07, 6.45) is 7.25. The van der Waals surface area contributed by atoms with E-state index in [-0.39, 0.29) is 23.7 Å². The predicted molar refractivity (Wildman–Crippen MR) is 113 cm³/mol. The zero-order valence-electron chi connectivity index (χ0n) is 16.9. The summed E-state index contributed by atoms with van der Waals surface area (Å²) < 4.78 is 1.67. The fourth-order valence-electron chi connectivity index (χ4n) is 3.87. The Morgan fingerprint density at radius 2 is 1.79 bits per heavy atom. The Morgan fingerprint density at radius 1 is 1.00 bits per heavy atom. The van der Waals surface area contributed by atoms with Crippen molar-refractivity contribution in [3.8, 4) is 0 Å². The van der Waals surface area contributed by atoms with Crippen LogP contribution in [0.5, 0.6) is 0 Å². The highest BCUT2D eigenvalue weighted by molar-refractivity contribution is 6.06. The van der Waals surface area contributed by atoms with E-state index in [1.54, 1.807) is 10.6 Å². The third kappa shape index (κ3) is 4.01. The molecule has 1 aromatic carbocycles. The summed E-state index contributed by atoms with van der Waals surface area (Å²) in [7, 11) is 0. The highest BCUT2D eigenvalue weighted by Gasteiger charge is 2.24. The molecule has 2 amide bonds. The monoisotopic (exact) mass is 390 g/mol. The van der Waals surface area contributed by atoms with Crippen LogP contribution >= 0.6 is 0 Å². The van der Waals surface area contributed by atoms with Gasteiger partial charge in [0, 0.05) is 17.9 Å². The van der Waals surface area contributed by atoms with Crippen LogP contribution in [0.15, 0.2) is 42.6 Å². The summed E-state index contributed by atoms with van der Waals surface area (Å²) in [6.45, 7) is 4.03. The number of amides is 2. The maximum atomic E-state index is 12.9. The molecule has 0 atom stereocenters. The summed E-state index contributed by atoms with van der Waals surface area (Å²) in [5.41, 5.74) is 3.89. The molecule has 0 saturated heterocycles. The van der Waals surface area contributed by atoms with E-state index in [1.165, 1.54) is 6.42 Å². The lowest BCUT2D eigenvalue weighted by Crippen LogP contribution is -2.36. The quantitative estimate of drug-likeness (QED) is 0.699. The lowest BCUT2D eigenvalue weighted by molar-refractivity contribution is 0.0925. The number of benzene rings is 1. The van der Waals surface area contributed by atoms with Crippen molar-refractivity contribution in [3.05, 3.63) is 65.2 Å². The van der Waals surface area contributed by atoms with Crippen LogP contribution in [0.4, 0.5) is 5.69 Å². The van der Waals surface area contributed by atoms with Crippen molar-refractivity contribution < 1.29 is 9.59 Å². The van der Waals surface area contributed by atoms with Gasteiger partial charge in [-0.15, -0.1) is 0 Å². The molecule has 1 aliphatic rings. The number of aryl methyl sites for hydroxylation is 2. The van der Waals surface area contributed by atoms with Crippen LogP contribution in [0, 0.1) is 13.8 Å². The predicted octanol–water partition coefficient (Wildman–Crippen LogP) is 4.27. The molecule has 0 unspecified atom stereocenters. The van der Waals surface area contributed by atoms with Crippen molar-refractivity contribution in [2.45, 2.75) is 52.0 Å². The average molecular weight is 390 g/mol. The molecule has 2 N–H and O–H groups in total. The minimum atomic E-state index is -0.342. The molecule has 1 saturated carbocycles. The number of nitrogens with zero attached hydrogens (tertiary/aromatic N) is 2. The molecule has 150 valence electrons. The van der Waals surface area contributed by atoms with Gasteiger partial charge in [-0.05, 0) is 62.1 Å². The lowest BCUT2D eigenvalue weighted by atomic mass is 9.95. The normalized spacial score (nSPS) is 14.7. The maximum Gasteiger partial charge on any atom is 0.292 e. The average Bonchev–Trinajstić information content (AvgIpc) is 3.11. The number of rotatable bonds is 4. The van der Waals surface area contributed by atoms with Crippen molar-refractivity contribution in [2.75, 3.05) is 5.32 Å². The molecular formula is C23H26N4O2. The van der Waals surface area contributed by atoms with Crippen LogP contribution in [-0.2, 0) is 0 Å². The molecular weight excluding hydrogens is 364 g/mol. The molecule has 6 nitrogen and oxygen atoms in total. The number of hydrogen-bond acceptors (Lipinski definition) is 3. The van der Waals surface area contributed by atoms with Gasteiger partial charge in [0.05, 0.1) is 5.52 Å². The molecule has 1 fully saturated rings. The van der Waals surface area contributed by atoms with Crippen LogP contribution in [0.3, 0.4) is 0 Å². The van der Waals surface area contributed by atoms with Crippen LogP contribution in [-0.4, -0.2) is 27.2 Å². The zero-order chi connectivity index (χ0) is 20.4. The fourth-order valence-corrected chi connectivity index (χ4v) is 3.87. The summed E-state index contributed by atoms with van der Waals surface area (Å²) in [4.78, 5) is 30.2. The lowest BCUT2D eigenvalue weighted by Gasteiger charge is -2.22. The molecule has 0 aliphatic heterocycles. The van der Waals surface area contributed by atoms with E-state index >= 15 is 0 Å². The van der Waals surface area contributed by atoms with E-state index in [0.717, 1.165) is 36.8 Å². The standard InChI is InChI=1S/C23H26N4O2/c1-15-11-12-18(14-16(15)2)25-23(29)21-26-20(19-10-6-7-13-27(19)21)22(28)24-17-8-4-3-5-9-17/h6-7,10-14,17H,3-5,8-9H2,1-2H3,(H,24,28)(H,25,29). The van der Waals surface area contributed by atoms with Crippen LogP contribution < -0.4 is 10.6 Å². The molecule has 4 rings (SSSR count). The van der Waals surface area contributed by atoms with E-state index in [4.69, 9.17) is 0 Å². The number of pyridine rings is 1. The fraction of sp³-hybridized carbons (Fsp3) is 0.348. The third-order valence-corrected chi connectivity index (χ3v) is 5.67. The van der Waals surface area contributed by atoms with Crippen LogP contribution in [0.1, 0.15) is 64.3 Å². The Kier molecular flexibility index (Phi) is 5.34. The van der Waals surface area contributed by atoms with Crippen LogP contribution in [0.25, 0.3) is 5.52 Å². The van der Waals surface area contributed by atoms with Gasteiger partial charge in [0.2, 0.25) is 5.82 Å². The molecule has 2 heterocycles. The molecule has 2 aromatic heterocycles. The molecule has 0 radical (unpaired) electrons. The van der Waals surface area contributed by atoms with Gasteiger partial charge in [0.1, 0.15) is 0 Å². The van der Waals surface area contributed by atoms with Gasteiger partial charge in [0.25, 0.3) is 11.8 Å². The van der Waals surface area contributed by atoms with Gasteiger partial charge < -0.3 is 10.6 Å². The molecule has 3 aromatic rings. The molecule has 29 heavy (non-hydrogen) atoms. The first kappa shape index (κ1) is 19.2. The summed E-state index contributed by atoms with van der Waals surface area (Å²) in [5.74, 6) is -0.357. The SMILES string of the molecule is Cc1ccc(NC(=O)c2nc(C(=O)NC3CCCCC3)c3ccccn23)cc1C. The Bertz CT molecular complexity index is 1060. The van der Waals surface area contributed by atoms with Crippen molar-refractivity contribution in [3.63, 3.8) is 0 Å². The number of aromatic nitrogens is 2. The molecule has 6 heteroatoms. The third-order valence-electron chi connectivity index (χ3n) is 5.67. The maximum absolute atomic E-state index is 12.9. The Labute approximate surface area is 170 Å². The highest BCUT2D eigenvalue weighted by atomic mass is 16.2. The number of carbonyl (C=O) groups excluding carboxylic acids is 2. The van der Waals surface area contributed by atoms with Gasteiger partial charge in [-0.3, -0.25) is 14.0 Å². The smallest absolute Gasteiger partial charge is 0.292 e. The van der Waals surface area contributed by atoms with Crippen molar-refractivity contribution in [1.82, 2.24) is 14.7 Å². The Balaban J connectivity index is 1.61. The molecule has 1 aliphatic carbocycles. The number of anilines is 1. The number of fused-ring (bicyclic) bond motifs is 1. The summed E-state index contributed by atoms with van der Waals surface area (Å²) in [6, 6.07) is 11.4. The Hall–Kier alpha value is -3.15. The first-order chi connectivity index (χ1) is 14.0. The largest absolute Gasteiger partial charge is 0.348 e. The minimum Gasteiger partial charge on any atom is -0.348 e. The van der Waals surface area contributed by atoms with Gasteiger partial charge in [-0.25, -0.2) is 4.98 Å². The number of hydrogen-bond donors (Lipinski definition) is 2. The second-order valence-corrected chi connectivity index (χ2v) is 7.80. The first-order valence-electron chi connectivity index (χ1n) is 10.2. The second kappa shape index (κ2) is 8.07. The van der Waals surface area contributed by atoms with Crippen molar-refractivity contribution >= 4 is 23.0 Å². The van der Waals surface area contributed by atoms with E-state index in [2.05, 4.69) is 15.6 Å². The van der Waals surface area contributed by atoms with Gasteiger partial charge in [-0.2, -0.15) is 0 Å². The van der Waals surface area contributed by atoms with Gasteiger partial charge >= 0.3 is 0 Å². The highest BCUT2D eigenvalue weighted by Crippen LogP contribution is 2.20. The summed E-state index contributed by atoms with van der Waals surface area (Å²) in [5, 5.41) is 5.99. The molecule has 0 bridgehead atoms. The summed E-state index contributed by atoms with van der Waals surface area (Å²) >= 11 is 0. The minimum absolute atomic E-state index is 0.185. The van der Waals surface area contributed by atoms with E-state index < -0.39 is 0 Å². The first-order valence-corrected chi connectivity index (χ1v) is 10.2. The Morgan fingerprint density at radius 3 is 2.55 bits per heavy atom. The van der Waals surface area contributed by atoms with Gasteiger partial charge in [0.15, 0.2) is 5.69 Å². The topological polar surface area (TPSA) is 75.5 Å². The van der Waals surface area contributed by atoms with Crippen molar-refractivity contribution in [1.29, 1.82) is 0 Å². The van der Waals surface area contributed by atoms with E-state index in [9.17, 15) is 9.59 Å². The molecule has 0 spiro atoms. The van der Waals surface area contributed by atoms with Gasteiger partial charge in [-0.1, -0.05) is 31.4 Å². The van der Waals surface area contributed by atoms with E-state index in [1.807, 2.05) is 50.2 Å². The van der Waals surface area contributed by atoms with E-state index in [0.29, 0.717) is 16.9 Å².